The van der Waals surface area contributed by atoms with Crippen LogP contribution < -0.4 is 0 Å². The maximum absolute atomic E-state index is 5.14. The number of benzene rings is 21. The monoisotopic (exact) mass is 1830 g/mol. The molecular formula is C135H81N9. The second kappa shape index (κ2) is 31.1. The minimum atomic E-state index is 0.972. The zero-order chi connectivity index (χ0) is 94.0. The van der Waals surface area contributed by atoms with Crippen molar-refractivity contribution in [2.75, 3.05) is 0 Å². The molecule has 0 spiro atoms. The van der Waals surface area contributed by atoms with Gasteiger partial charge in [0, 0.05) is 122 Å². The van der Waals surface area contributed by atoms with Gasteiger partial charge in [-0.1, -0.05) is 303 Å². The van der Waals surface area contributed by atoms with Crippen LogP contribution in [0.5, 0.6) is 0 Å². The van der Waals surface area contributed by atoms with Crippen molar-refractivity contribution in [3.63, 3.8) is 0 Å². The van der Waals surface area contributed by atoms with Crippen molar-refractivity contribution in [3.05, 3.63) is 492 Å². The highest BCUT2D eigenvalue weighted by Gasteiger charge is 2.30. The fourth-order valence-electron chi connectivity index (χ4n) is 24.9. The lowest BCUT2D eigenvalue weighted by Crippen LogP contribution is -1.96. The Bertz CT molecular complexity index is 9710. The second-order valence-corrected chi connectivity index (χ2v) is 38.3. The molecule has 0 saturated carbocycles. The molecule has 0 bridgehead atoms. The first-order chi connectivity index (χ1) is 71.5. The van der Waals surface area contributed by atoms with Gasteiger partial charge >= 0.3 is 0 Å². The van der Waals surface area contributed by atoms with Crippen LogP contribution in [0.25, 0.3) is 298 Å². The molecule has 21 aromatic carbocycles. The van der Waals surface area contributed by atoms with Crippen molar-refractivity contribution < 1.29 is 0 Å². The van der Waals surface area contributed by atoms with E-state index in [4.69, 9.17) is 4.98 Å². The predicted molar refractivity (Wildman–Crippen MR) is 601 cm³/mol. The van der Waals surface area contributed by atoms with Crippen LogP contribution in [0.3, 0.4) is 0 Å². The fraction of sp³-hybridized carbons (Fsp3) is 0. The summed E-state index contributed by atoms with van der Waals surface area (Å²) in [6, 6.07) is 168. The van der Waals surface area contributed by atoms with Gasteiger partial charge in [-0.05, 0) is 263 Å². The number of aromatic nitrogens is 9. The van der Waals surface area contributed by atoms with Crippen LogP contribution in [0.15, 0.2) is 492 Å². The highest BCUT2D eigenvalue weighted by atomic mass is 15.0. The van der Waals surface area contributed by atoms with Gasteiger partial charge in [0.15, 0.2) is 0 Å². The molecule has 0 unspecified atom stereocenters. The summed E-state index contributed by atoms with van der Waals surface area (Å²) in [7, 11) is 0. The van der Waals surface area contributed by atoms with Gasteiger partial charge in [-0.25, -0.2) is 0 Å². The third-order valence-electron chi connectivity index (χ3n) is 31.0. The number of fused-ring (bicyclic) bond motifs is 27. The van der Waals surface area contributed by atoms with Crippen molar-refractivity contribution >= 4 is 163 Å². The second-order valence-electron chi connectivity index (χ2n) is 38.3. The molecular weight excluding hydrogens is 1750 g/mol. The van der Waals surface area contributed by atoms with E-state index in [1.54, 1.807) is 0 Å². The van der Waals surface area contributed by atoms with E-state index < -0.39 is 0 Å². The summed E-state index contributed by atoms with van der Waals surface area (Å²) >= 11 is 0. The summed E-state index contributed by atoms with van der Waals surface area (Å²) in [5.41, 5.74) is 43.9. The van der Waals surface area contributed by atoms with Gasteiger partial charge in [0.1, 0.15) is 0 Å². The molecule has 0 saturated heterocycles. The summed E-state index contributed by atoms with van der Waals surface area (Å²) in [4.78, 5) is 14.1. The number of para-hydroxylation sites is 7. The summed E-state index contributed by atoms with van der Waals surface area (Å²) in [5.74, 6) is 0. The van der Waals surface area contributed by atoms with Crippen LogP contribution >= 0.6 is 0 Å². The van der Waals surface area contributed by atoms with Crippen LogP contribution in [0.2, 0.25) is 0 Å². The van der Waals surface area contributed by atoms with Crippen LogP contribution in [0, 0.1) is 0 Å². The first-order valence-electron chi connectivity index (χ1n) is 49.4. The molecule has 0 fully saturated rings. The van der Waals surface area contributed by atoms with E-state index in [1.165, 1.54) is 247 Å². The quantitative estimate of drug-likeness (QED) is 0.145. The molecule has 9 nitrogen and oxygen atoms in total. The lowest BCUT2D eigenvalue weighted by Gasteiger charge is -2.13. The van der Waals surface area contributed by atoms with E-state index in [-0.39, 0.29) is 0 Å². The van der Waals surface area contributed by atoms with Crippen molar-refractivity contribution in [2.24, 2.45) is 0 Å². The van der Waals surface area contributed by atoms with Crippen molar-refractivity contribution in [3.8, 4) is 134 Å². The highest BCUT2D eigenvalue weighted by molar-refractivity contribution is 6.24. The van der Waals surface area contributed by atoms with E-state index in [1.807, 2.05) is 24.8 Å². The first-order valence-corrected chi connectivity index (χ1v) is 49.4. The third-order valence-corrected chi connectivity index (χ3v) is 31.0. The Hall–Kier alpha value is -19.4. The molecule has 33 rings (SSSR count). The van der Waals surface area contributed by atoms with Crippen LogP contribution in [0.1, 0.15) is 0 Å². The molecule has 9 heteroatoms. The molecule has 9 aromatic heterocycles. The molecule has 0 atom stereocenters. The van der Waals surface area contributed by atoms with Gasteiger partial charge in [-0.2, -0.15) is 0 Å². The third kappa shape index (κ3) is 11.7. The number of nitrogens with zero attached hydrogens (tertiary/aromatic N) is 9. The Balaban J connectivity index is 0.0000000986. The zero-order valence-corrected chi connectivity index (χ0v) is 77.8. The largest absolute Gasteiger partial charge is 0.309 e. The molecule has 3 aliphatic rings. The maximum Gasteiger partial charge on any atom is 0.0725 e. The van der Waals surface area contributed by atoms with Gasteiger partial charge in [0.25, 0.3) is 0 Å². The first kappa shape index (κ1) is 79.7. The molecule has 30 aromatic rings. The van der Waals surface area contributed by atoms with Gasteiger partial charge < -0.3 is 27.4 Å². The van der Waals surface area contributed by atoms with Gasteiger partial charge in [0.05, 0.1) is 101 Å². The molecule has 0 radical (unpaired) electrons. The van der Waals surface area contributed by atoms with Crippen LogP contribution in [-0.2, 0) is 0 Å². The van der Waals surface area contributed by atoms with Gasteiger partial charge in [-0.3, -0.25) is 15.0 Å². The molecule has 0 aliphatic heterocycles. The smallest absolute Gasteiger partial charge is 0.0725 e. The van der Waals surface area contributed by atoms with Crippen molar-refractivity contribution in [2.45, 2.75) is 0 Å². The van der Waals surface area contributed by atoms with Crippen LogP contribution in [0.4, 0.5) is 0 Å². The Morgan fingerprint density at radius 2 is 0.396 bits per heavy atom. The molecule has 0 N–H and O–H groups in total. The van der Waals surface area contributed by atoms with E-state index in [0.29, 0.717) is 0 Å². The Morgan fingerprint density at radius 1 is 0.139 bits per heavy atom. The lowest BCUT2D eigenvalue weighted by molar-refractivity contribution is 1.17. The van der Waals surface area contributed by atoms with E-state index in [0.717, 1.165) is 50.3 Å². The standard InChI is InChI=1S/3C45H27N3/c1-2-11-29(12-3-1)47-40-19-8-6-15-32(40)37-25-28(21-23-43(37)47)39-26-38-33-16-7-9-20-41(33)48(44(38)27-46-39)42-24-22-35-31-14-5-4-13-30(31)34-17-10-18-36(42)45(34)35;1-2-9-30(10-3-1)47-42-20-17-29(26-38(42)39-27-46-24-23-44(39)47)28-18-21-43-37(25-28)33-13-6-7-16-40(33)48(43)41-22-19-35-32-12-5-4-11-31(32)34-14-8-15-36(41)45(34)35;1-2-9-30(10-3-1)47-42-20-17-28(26-39(42)34-23-24-46-27-44(34)47)29-18-21-43-38(25-29)33-13-6-7-16-40(33)48(43)41-22-19-36-32-12-5-4-11-31(32)35-14-8-15-37(41)45(35)36/h3*1-27H. The topological polar surface area (TPSA) is 68.2 Å². The fourth-order valence-corrected chi connectivity index (χ4v) is 24.9. The number of hydrogen-bond donors (Lipinski definition) is 0. The SMILES string of the molecule is c1ccc(-n2c3ccc(-c4ccc5c(c4)c4ccccc4n5-c4ccc5c6c(cccc46)-c4ccccc4-5)cc3c3ccncc32)cc1.c1ccc(-n2c3ccccc3c3cc(-c4cc5c6ccccc6n(-c6ccc7c8c(cccc68)-c6ccccc6-7)c5cn4)ccc32)cc1.c1ccc(-n2c3ccncc3c3cc(-c4ccc5c(c4)c4ccccc4n5-c4ccc5c6c(cccc46)-c4ccccc4-5)ccc32)cc1. The maximum atomic E-state index is 5.14. The van der Waals surface area contributed by atoms with Gasteiger partial charge in [-0.15, -0.1) is 0 Å². The Labute approximate surface area is 826 Å². The average Bonchev–Trinajstić information content (AvgIpc) is 1.55. The van der Waals surface area contributed by atoms with Crippen molar-refractivity contribution in [1.82, 2.24) is 42.4 Å². The number of rotatable bonds is 9. The Kier molecular flexibility index (Phi) is 17.2. The normalized spacial score (nSPS) is 12.2. The molecule has 3 aliphatic carbocycles. The summed E-state index contributed by atoms with van der Waals surface area (Å²) in [5, 5.41) is 22.5. The minimum absolute atomic E-state index is 0.972. The molecule has 666 valence electrons. The summed E-state index contributed by atoms with van der Waals surface area (Å²) in [6.45, 7) is 0. The summed E-state index contributed by atoms with van der Waals surface area (Å²) in [6.07, 6.45) is 9.81. The van der Waals surface area contributed by atoms with Gasteiger partial charge in [0.2, 0.25) is 0 Å². The molecule has 144 heavy (non-hydrogen) atoms. The number of pyridine rings is 3. The zero-order valence-electron chi connectivity index (χ0n) is 77.8. The summed E-state index contributed by atoms with van der Waals surface area (Å²) < 4.78 is 14.3. The number of hydrogen-bond acceptors (Lipinski definition) is 3. The predicted octanol–water partition coefficient (Wildman–Crippen LogP) is 35.2. The Morgan fingerprint density at radius 3 is 0.792 bits per heavy atom. The average molecular weight is 1830 g/mol. The minimum Gasteiger partial charge on any atom is -0.309 e. The lowest BCUT2D eigenvalue weighted by atomic mass is 10.0. The van der Waals surface area contributed by atoms with E-state index in [9.17, 15) is 0 Å². The van der Waals surface area contributed by atoms with Crippen molar-refractivity contribution in [1.29, 1.82) is 0 Å². The highest BCUT2D eigenvalue weighted by Crippen LogP contribution is 2.55. The molecule has 0 amide bonds. The van der Waals surface area contributed by atoms with E-state index in [2.05, 4.69) is 505 Å². The molecule has 9 heterocycles. The van der Waals surface area contributed by atoms with Crippen LogP contribution in [-0.4, -0.2) is 42.4 Å². The van der Waals surface area contributed by atoms with E-state index >= 15 is 0 Å².